The third kappa shape index (κ3) is 3.97. The zero-order chi connectivity index (χ0) is 13.7. The predicted molar refractivity (Wildman–Crippen MR) is 69.5 cm³/mol. The molecule has 0 amide bonds. The van der Waals surface area contributed by atoms with E-state index in [1.165, 1.54) is 0 Å². The van der Waals surface area contributed by atoms with Crippen molar-refractivity contribution >= 4 is 16.8 Å². The molecule has 0 aliphatic heterocycles. The first-order chi connectivity index (χ1) is 8.43. The van der Waals surface area contributed by atoms with Crippen LogP contribution < -0.4 is 0 Å². The van der Waals surface area contributed by atoms with Crippen LogP contribution in [-0.2, 0) is 21.3 Å². The molecule has 18 heavy (non-hydrogen) atoms. The van der Waals surface area contributed by atoms with Gasteiger partial charge in [0.2, 0.25) is 0 Å². The number of nitrogens with zero attached hydrogens (tertiary/aromatic N) is 1. The summed E-state index contributed by atoms with van der Waals surface area (Å²) in [6, 6.07) is 7.25. The van der Waals surface area contributed by atoms with E-state index in [0.29, 0.717) is 11.3 Å². The highest BCUT2D eigenvalue weighted by atomic mass is 32.2. The topological polar surface area (TPSA) is 78.2 Å². The average Bonchev–Trinajstić information content (AvgIpc) is 2.30. The van der Waals surface area contributed by atoms with Crippen molar-refractivity contribution in [3.63, 3.8) is 0 Å². The van der Waals surface area contributed by atoms with Crippen LogP contribution >= 0.6 is 0 Å². The van der Waals surface area contributed by atoms with Crippen molar-refractivity contribution in [2.45, 2.75) is 31.3 Å². The number of aryl methyl sites for hydroxylation is 1. The fraction of sp³-hybridized carbons (Fsp3) is 0.385. The van der Waals surface area contributed by atoms with Gasteiger partial charge in [-0.2, -0.15) is 5.26 Å². The molecule has 0 aliphatic rings. The molecule has 0 saturated carbocycles. The molecule has 1 N–H and O–H groups in total. The van der Waals surface area contributed by atoms with Gasteiger partial charge in [0.1, 0.15) is 0 Å². The van der Waals surface area contributed by atoms with Gasteiger partial charge in [-0.05, 0) is 30.2 Å². The molecule has 0 spiro atoms. The number of hydrogen-bond acceptors (Lipinski definition) is 3. The minimum Gasteiger partial charge on any atom is -0.481 e. The standard InChI is InChI=1S/C13H15NO3S/c1-9-5-11(7-14)3-4-12(9)8-18(17)10(2)6-13(15)16/h3-5,10H,6,8H2,1-2H3,(H,15,16). The average molecular weight is 265 g/mol. The number of nitriles is 1. The number of carbonyl (C=O) groups is 1. The van der Waals surface area contributed by atoms with E-state index in [1.54, 1.807) is 25.1 Å². The number of benzene rings is 1. The summed E-state index contributed by atoms with van der Waals surface area (Å²) in [7, 11) is -1.22. The quantitative estimate of drug-likeness (QED) is 0.883. The second-order valence-electron chi connectivity index (χ2n) is 4.19. The second kappa shape index (κ2) is 6.31. The first-order valence-corrected chi connectivity index (χ1v) is 6.91. The largest absolute Gasteiger partial charge is 0.481 e. The van der Waals surface area contributed by atoms with E-state index in [1.807, 2.05) is 13.0 Å². The molecule has 0 bridgehead atoms. The van der Waals surface area contributed by atoms with Crippen molar-refractivity contribution in [3.05, 3.63) is 34.9 Å². The summed E-state index contributed by atoms with van der Waals surface area (Å²) < 4.78 is 11.9. The Kier molecular flexibility index (Phi) is 5.05. The molecule has 2 unspecified atom stereocenters. The Hall–Kier alpha value is -1.67. The number of rotatable bonds is 5. The molecule has 4 nitrogen and oxygen atoms in total. The molecule has 1 aromatic rings. The van der Waals surface area contributed by atoms with Crippen LogP contribution in [0.1, 0.15) is 30.0 Å². The van der Waals surface area contributed by atoms with Crippen LogP contribution in [-0.4, -0.2) is 20.5 Å². The van der Waals surface area contributed by atoms with Gasteiger partial charge < -0.3 is 5.11 Å². The lowest BCUT2D eigenvalue weighted by Gasteiger charge is -2.10. The van der Waals surface area contributed by atoms with Crippen molar-refractivity contribution in [2.75, 3.05) is 0 Å². The van der Waals surface area contributed by atoms with Crippen molar-refractivity contribution in [2.24, 2.45) is 0 Å². The maximum absolute atomic E-state index is 11.9. The molecule has 1 aromatic carbocycles. The molecule has 5 heteroatoms. The van der Waals surface area contributed by atoms with Crippen LogP contribution in [0.2, 0.25) is 0 Å². The smallest absolute Gasteiger partial charge is 0.304 e. The fourth-order valence-electron chi connectivity index (χ4n) is 1.56. The molecule has 0 saturated heterocycles. The fourth-order valence-corrected chi connectivity index (χ4v) is 2.81. The molecule has 96 valence electrons. The molecule has 1 rings (SSSR count). The minimum atomic E-state index is -1.22. The van der Waals surface area contributed by atoms with Gasteiger partial charge in [-0.15, -0.1) is 0 Å². The Labute approximate surface area is 109 Å². The normalized spacial score (nSPS) is 13.6. The molecule has 0 aliphatic carbocycles. The van der Waals surface area contributed by atoms with Gasteiger partial charge in [-0.1, -0.05) is 13.0 Å². The van der Waals surface area contributed by atoms with Gasteiger partial charge in [-0.25, -0.2) is 0 Å². The number of aliphatic carboxylic acids is 1. The summed E-state index contributed by atoms with van der Waals surface area (Å²) in [5.74, 6) is -0.612. The van der Waals surface area contributed by atoms with Crippen LogP contribution in [0.15, 0.2) is 18.2 Å². The third-order valence-electron chi connectivity index (χ3n) is 2.68. The van der Waals surface area contributed by atoms with Gasteiger partial charge in [0.15, 0.2) is 0 Å². The second-order valence-corrected chi connectivity index (χ2v) is 6.04. The summed E-state index contributed by atoms with van der Waals surface area (Å²) in [5.41, 5.74) is 2.37. The molecule has 2 atom stereocenters. The molecule has 0 aromatic heterocycles. The first kappa shape index (κ1) is 14.4. The third-order valence-corrected chi connectivity index (χ3v) is 4.34. The van der Waals surface area contributed by atoms with Crippen LogP contribution in [0.4, 0.5) is 0 Å². The summed E-state index contributed by atoms with van der Waals surface area (Å²) in [6.07, 6.45) is -0.0953. The maximum Gasteiger partial charge on any atom is 0.304 e. The Morgan fingerprint density at radius 3 is 2.72 bits per heavy atom. The Morgan fingerprint density at radius 1 is 1.56 bits per heavy atom. The van der Waals surface area contributed by atoms with Gasteiger partial charge in [0.05, 0.1) is 18.1 Å². The molecular weight excluding hydrogens is 250 g/mol. The number of hydrogen-bond donors (Lipinski definition) is 1. The van der Waals surface area contributed by atoms with Gasteiger partial charge in [-0.3, -0.25) is 9.00 Å². The van der Waals surface area contributed by atoms with Gasteiger partial charge in [0.25, 0.3) is 0 Å². The lowest BCUT2D eigenvalue weighted by Crippen LogP contribution is -2.17. The van der Waals surface area contributed by atoms with Crippen molar-refractivity contribution in [3.8, 4) is 6.07 Å². The Morgan fingerprint density at radius 2 is 2.22 bits per heavy atom. The zero-order valence-corrected chi connectivity index (χ0v) is 11.2. The van der Waals surface area contributed by atoms with Gasteiger partial charge >= 0.3 is 5.97 Å². The number of carboxylic acid groups (broad SMARTS) is 1. The highest BCUT2D eigenvalue weighted by Crippen LogP contribution is 2.15. The predicted octanol–water partition coefficient (Wildman–Crippen LogP) is 1.98. The number of carboxylic acids is 1. The monoisotopic (exact) mass is 265 g/mol. The first-order valence-electron chi connectivity index (χ1n) is 5.52. The summed E-state index contributed by atoms with van der Waals surface area (Å²) >= 11 is 0. The lowest BCUT2D eigenvalue weighted by molar-refractivity contribution is -0.136. The van der Waals surface area contributed by atoms with Crippen molar-refractivity contribution in [1.29, 1.82) is 5.26 Å². The molecule has 0 heterocycles. The zero-order valence-electron chi connectivity index (χ0n) is 10.3. The van der Waals surface area contributed by atoms with E-state index in [-0.39, 0.29) is 11.7 Å². The van der Waals surface area contributed by atoms with E-state index in [9.17, 15) is 9.00 Å². The lowest BCUT2D eigenvalue weighted by atomic mass is 10.1. The molecule has 0 fully saturated rings. The highest BCUT2D eigenvalue weighted by molar-refractivity contribution is 7.84. The van der Waals surface area contributed by atoms with Crippen LogP contribution in [0.5, 0.6) is 0 Å². The van der Waals surface area contributed by atoms with Crippen molar-refractivity contribution in [1.82, 2.24) is 0 Å². The summed E-state index contributed by atoms with van der Waals surface area (Å²) in [4.78, 5) is 10.5. The van der Waals surface area contributed by atoms with Crippen LogP contribution in [0, 0.1) is 18.3 Å². The van der Waals surface area contributed by atoms with E-state index >= 15 is 0 Å². The van der Waals surface area contributed by atoms with E-state index in [2.05, 4.69) is 0 Å². The SMILES string of the molecule is Cc1cc(C#N)ccc1CS(=O)C(C)CC(=O)O. The molecular formula is C13H15NO3S. The van der Waals surface area contributed by atoms with Crippen LogP contribution in [0.3, 0.4) is 0 Å². The Balaban J connectivity index is 2.76. The van der Waals surface area contributed by atoms with Crippen molar-refractivity contribution < 1.29 is 14.1 Å². The Bertz CT molecular complexity index is 519. The highest BCUT2D eigenvalue weighted by Gasteiger charge is 2.16. The minimum absolute atomic E-state index is 0.0953. The van der Waals surface area contributed by atoms with E-state index < -0.39 is 16.8 Å². The molecule has 0 radical (unpaired) electrons. The van der Waals surface area contributed by atoms with E-state index in [4.69, 9.17) is 10.4 Å². The van der Waals surface area contributed by atoms with E-state index in [0.717, 1.165) is 11.1 Å². The van der Waals surface area contributed by atoms with Gasteiger partial charge in [0, 0.05) is 21.8 Å². The summed E-state index contributed by atoms with van der Waals surface area (Å²) in [6.45, 7) is 3.53. The maximum atomic E-state index is 11.9. The van der Waals surface area contributed by atoms with Crippen LogP contribution in [0.25, 0.3) is 0 Å². The summed E-state index contributed by atoms with van der Waals surface area (Å²) in [5, 5.41) is 17.0.